The summed E-state index contributed by atoms with van der Waals surface area (Å²) < 4.78 is 0. The van der Waals surface area contributed by atoms with Crippen LogP contribution in [0, 0.1) is 5.92 Å². The molecule has 0 saturated carbocycles. The second-order valence-corrected chi connectivity index (χ2v) is 6.29. The summed E-state index contributed by atoms with van der Waals surface area (Å²) in [4.78, 5) is 2.48. The van der Waals surface area contributed by atoms with E-state index in [1.165, 1.54) is 56.8 Å². The molecule has 15 heavy (non-hydrogen) atoms. The van der Waals surface area contributed by atoms with E-state index in [1.54, 1.807) is 0 Å². The van der Waals surface area contributed by atoms with Gasteiger partial charge in [-0.15, -0.1) is 0 Å². The number of piperidine rings is 1. The van der Waals surface area contributed by atoms with Crippen LogP contribution in [0.1, 0.15) is 25.7 Å². The maximum atomic E-state index is 3.77. The molecule has 0 amide bonds. The van der Waals surface area contributed by atoms with Crippen LogP contribution in [0.5, 0.6) is 0 Å². The Labute approximate surface area is 98.2 Å². The van der Waals surface area contributed by atoms with Crippen LogP contribution in [-0.2, 0) is 0 Å². The first-order valence-corrected chi connectivity index (χ1v) is 7.50. The first-order chi connectivity index (χ1) is 7.34. The quantitative estimate of drug-likeness (QED) is 0.793. The molecule has 2 aliphatic rings. The van der Waals surface area contributed by atoms with E-state index in [4.69, 9.17) is 0 Å². The van der Waals surface area contributed by atoms with Gasteiger partial charge in [0.2, 0.25) is 0 Å². The fourth-order valence-corrected chi connectivity index (χ4v) is 3.78. The van der Waals surface area contributed by atoms with Crippen molar-refractivity contribution in [3.63, 3.8) is 0 Å². The van der Waals surface area contributed by atoms with Gasteiger partial charge in [0.05, 0.1) is 0 Å². The Morgan fingerprint density at radius 2 is 2.07 bits per heavy atom. The molecule has 2 aliphatic heterocycles. The highest BCUT2D eigenvalue weighted by molar-refractivity contribution is 7.99. The van der Waals surface area contributed by atoms with Crippen LogP contribution in [0.15, 0.2) is 0 Å². The Bertz CT molecular complexity index is 180. The maximum absolute atomic E-state index is 3.77. The van der Waals surface area contributed by atoms with Gasteiger partial charge < -0.3 is 10.2 Å². The molecule has 0 aromatic carbocycles. The predicted octanol–water partition coefficient (Wildman–Crippen LogP) is 1.81. The van der Waals surface area contributed by atoms with E-state index in [-0.39, 0.29) is 0 Å². The summed E-state index contributed by atoms with van der Waals surface area (Å²) in [6.07, 6.45) is 5.59. The van der Waals surface area contributed by atoms with E-state index in [0.29, 0.717) is 0 Å². The molecule has 2 rings (SSSR count). The lowest BCUT2D eigenvalue weighted by Gasteiger charge is -2.32. The van der Waals surface area contributed by atoms with Crippen molar-refractivity contribution >= 4 is 11.8 Å². The molecule has 2 heterocycles. The highest BCUT2D eigenvalue weighted by Gasteiger charge is 2.19. The number of likely N-dealkylation sites (tertiary alicyclic amines) is 1. The molecule has 0 aromatic rings. The molecule has 0 aromatic heterocycles. The Morgan fingerprint density at radius 3 is 2.80 bits per heavy atom. The van der Waals surface area contributed by atoms with E-state index in [0.717, 1.165) is 12.0 Å². The fourth-order valence-electron chi connectivity index (χ4n) is 2.67. The number of hydrogen-bond acceptors (Lipinski definition) is 3. The molecule has 2 fully saturated rings. The van der Waals surface area contributed by atoms with Crippen molar-refractivity contribution in [3.8, 4) is 0 Å². The number of thioether (sulfide) groups is 1. The molecule has 1 N–H and O–H groups in total. The minimum atomic E-state index is 0.818. The molecule has 0 radical (unpaired) electrons. The summed E-state index contributed by atoms with van der Waals surface area (Å²) in [7, 11) is 2.25. The van der Waals surface area contributed by atoms with Crippen molar-refractivity contribution in [3.05, 3.63) is 0 Å². The van der Waals surface area contributed by atoms with Gasteiger partial charge in [-0.05, 0) is 63.2 Å². The van der Waals surface area contributed by atoms with Crippen LogP contribution in [0.2, 0.25) is 0 Å². The molecule has 1 unspecified atom stereocenters. The average molecular weight is 228 g/mol. The first kappa shape index (κ1) is 11.7. The molecule has 2 saturated heterocycles. The standard InChI is InChI=1S/C12H24N2S/c1-14-6-2-3-11(10-14)9-13-12-4-7-15-8-5-12/h11-13H,2-10H2,1H3. The molecular weight excluding hydrogens is 204 g/mol. The van der Waals surface area contributed by atoms with Gasteiger partial charge in [0.1, 0.15) is 0 Å². The Kier molecular flexibility index (Phi) is 4.79. The van der Waals surface area contributed by atoms with Crippen molar-refractivity contribution in [2.75, 3.05) is 38.2 Å². The topological polar surface area (TPSA) is 15.3 Å². The number of rotatable bonds is 3. The largest absolute Gasteiger partial charge is 0.314 e. The molecule has 0 aliphatic carbocycles. The third kappa shape index (κ3) is 3.97. The highest BCUT2D eigenvalue weighted by Crippen LogP contribution is 2.18. The van der Waals surface area contributed by atoms with Gasteiger partial charge in [-0.1, -0.05) is 0 Å². The molecule has 2 nitrogen and oxygen atoms in total. The zero-order valence-electron chi connectivity index (χ0n) is 9.87. The average Bonchev–Trinajstić information content (AvgIpc) is 2.28. The van der Waals surface area contributed by atoms with Gasteiger partial charge in [-0.3, -0.25) is 0 Å². The van der Waals surface area contributed by atoms with Gasteiger partial charge in [0.15, 0.2) is 0 Å². The molecular formula is C12H24N2S. The van der Waals surface area contributed by atoms with E-state index in [9.17, 15) is 0 Å². The predicted molar refractivity (Wildman–Crippen MR) is 68.6 cm³/mol. The van der Waals surface area contributed by atoms with Crippen LogP contribution in [0.3, 0.4) is 0 Å². The zero-order chi connectivity index (χ0) is 10.5. The van der Waals surface area contributed by atoms with E-state index >= 15 is 0 Å². The van der Waals surface area contributed by atoms with Crippen molar-refractivity contribution < 1.29 is 0 Å². The summed E-state index contributed by atoms with van der Waals surface area (Å²) in [5.41, 5.74) is 0. The smallest absolute Gasteiger partial charge is 0.00828 e. The van der Waals surface area contributed by atoms with Crippen LogP contribution in [0.25, 0.3) is 0 Å². The van der Waals surface area contributed by atoms with Crippen molar-refractivity contribution in [1.29, 1.82) is 0 Å². The second kappa shape index (κ2) is 6.12. The Hall–Kier alpha value is 0.270. The molecule has 3 heteroatoms. The summed E-state index contributed by atoms with van der Waals surface area (Å²) in [6, 6.07) is 0.818. The van der Waals surface area contributed by atoms with Crippen LogP contribution >= 0.6 is 11.8 Å². The number of hydrogen-bond donors (Lipinski definition) is 1. The van der Waals surface area contributed by atoms with Gasteiger partial charge in [-0.25, -0.2) is 0 Å². The second-order valence-electron chi connectivity index (χ2n) is 5.07. The summed E-state index contributed by atoms with van der Waals surface area (Å²) in [6.45, 7) is 3.85. The molecule has 88 valence electrons. The van der Waals surface area contributed by atoms with Gasteiger partial charge >= 0.3 is 0 Å². The molecule has 0 spiro atoms. The lowest BCUT2D eigenvalue weighted by atomic mass is 9.98. The third-order valence-electron chi connectivity index (χ3n) is 3.64. The van der Waals surface area contributed by atoms with Crippen LogP contribution in [-0.4, -0.2) is 49.1 Å². The highest BCUT2D eigenvalue weighted by atomic mass is 32.2. The minimum absolute atomic E-state index is 0.818. The maximum Gasteiger partial charge on any atom is 0.00828 e. The third-order valence-corrected chi connectivity index (χ3v) is 4.69. The zero-order valence-corrected chi connectivity index (χ0v) is 10.7. The van der Waals surface area contributed by atoms with Crippen molar-refractivity contribution in [1.82, 2.24) is 10.2 Å². The summed E-state index contributed by atoms with van der Waals surface area (Å²) >= 11 is 2.11. The van der Waals surface area contributed by atoms with Crippen LogP contribution in [0.4, 0.5) is 0 Å². The Balaban J connectivity index is 1.63. The monoisotopic (exact) mass is 228 g/mol. The lowest BCUT2D eigenvalue weighted by molar-refractivity contribution is 0.202. The fraction of sp³-hybridized carbons (Fsp3) is 1.00. The van der Waals surface area contributed by atoms with Crippen molar-refractivity contribution in [2.24, 2.45) is 5.92 Å². The van der Waals surface area contributed by atoms with E-state index in [1.807, 2.05) is 0 Å². The van der Waals surface area contributed by atoms with Gasteiger partial charge in [0, 0.05) is 12.6 Å². The normalized spacial score (nSPS) is 30.6. The molecule has 0 bridgehead atoms. The van der Waals surface area contributed by atoms with Crippen molar-refractivity contribution in [2.45, 2.75) is 31.7 Å². The summed E-state index contributed by atoms with van der Waals surface area (Å²) in [5, 5.41) is 3.77. The first-order valence-electron chi connectivity index (χ1n) is 6.34. The van der Waals surface area contributed by atoms with Gasteiger partial charge in [0.25, 0.3) is 0 Å². The van der Waals surface area contributed by atoms with Crippen LogP contribution < -0.4 is 5.32 Å². The van der Waals surface area contributed by atoms with E-state index < -0.39 is 0 Å². The number of nitrogens with zero attached hydrogens (tertiary/aromatic N) is 1. The number of nitrogens with one attached hydrogen (secondary N) is 1. The SMILES string of the molecule is CN1CCCC(CNC2CCSCC2)C1. The minimum Gasteiger partial charge on any atom is -0.314 e. The lowest BCUT2D eigenvalue weighted by Crippen LogP contribution is -2.41. The Morgan fingerprint density at radius 1 is 1.27 bits per heavy atom. The summed E-state index contributed by atoms with van der Waals surface area (Å²) in [5.74, 6) is 3.63. The van der Waals surface area contributed by atoms with E-state index in [2.05, 4.69) is 29.0 Å². The van der Waals surface area contributed by atoms with Gasteiger partial charge in [-0.2, -0.15) is 11.8 Å². The molecule has 1 atom stereocenters.